The molecule has 16 heavy (non-hydrogen) atoms. The molecule has 5 nitrogen and oxygen atoms in total. The number of aromatic carboxylic acids is 1. The van der Waals surface area contributed by atoms with Crippen molar-refractivity contribution in [1.29, 1.82) is 0 Å². The molecule has 0 saturated carbocycles. The van der Waals surface area contributed by atoms with Crippen LogP contribution >= 0.6 is 0 Å². The number of carbonyl (C=O) groups is 1. The number of hydrogen-bond acceptors (Lipinski definition) is 3. The first-order valence-corrected chi connectivity index (χ1v) is 5.20. The Morgan fingerprint density at radius 1 is 1.56 bits per heavy atom. The molecule has 0 aliphatic carbocycles. The van der Waals surface area contributed by atoms with Gasteiger partial charge in [-0.2, -0.15) is 5.10 Å². The number of hydrogen-bond donors (Lipinski definition) is 1. The van der Waals surface area contributed by atoms with E-state index in [4.69, 9.17) is 5.11 Å². The fourth-order valence-electron chi connectivity index (χ4n) is 1.69. The van der Waals surface area contributed by atoms with Crippen LogP contribution in [0.15, 0.2) is 12.3 Å². The summed E-state index contributed by atoms with van der Waals surface area (Å²) >= 11 is 0. The molecule has 2 rings (SSSR count). The first-order valence-electron chi connectivity index (χ1n) is 5.20. The van der Waals surface area contributed by atoms with Crippen LogP contribution in [-0.2, 0) is 6.54 Å². The largest absolute Gasteiger partial charge is 0.478 e. The van der Waals surface area contributed by atoms with E-state index < -0.39 is 5.97 Å². The van der Waals surface area contributed by atoms with Crippen LogP contribution in [0.1, 0.15) is 29.4 Å². The van der Waals surface area contributed by atoms with E-state index in [0.717, 1.165) is 24.0 Å². The molecule has 2 aromatic heterocycles. The van der Waals surface area contributed by atoms with Gasteiger partial charge in [0.2, 0.25) is 0 Å². The third-order valence-electron chi connectivity index (χ3n) is 2.47. The molecule has 0 unspecified atom stereocenters. The number of fused-ring (bicyclic) bond motifs is 1. The van der Waals surface area contributed by atoms with Crippen LogP contribution in [0.25, 0.3) is 11.0 Å². The highest BCUT2D eigenvalue weighted by Crippen LogP contribution is 2.16. The lowest BCUT2D eigenvalue weighted by molar-refractivity contribution is 0.0696. The Labute approximate surface area is 92.7 Å². The summed E-state index contributed by atoms with van der Waals surface area (Å²) in [6.07, 6.45) is 2.63. The normalized spacial score (nSPS) is 10.9. The number of aryl methyl sites for hydroxylation is 2. The maximum absolute atomic E-state index is 10.9. The van der Waals surface area contributed by atoms with Crippen molar-refractivity contribution in [2.45, 2.75) is 26.8 Å². The average Bonchev–Trinajstić information content (AvgIpc) is 2.60. The topological polar surface area (TPSA) is 68.0 Å². The predicted octanol–water partition coefficient (Wildman–Crippen LogP) is 1.85. The standard InChI is InChI=1S/C11H13N3O2/c1-3-4-14-10-8(6-12-14)5-9(11(15)16)7(2)13-10/h5-6H,3-4H2,1-2H3,(H,15,16). The van der Waals surface area contributed by atoms with Gasteiger partial charge in [0.25, 0.3) is 0 Å². The van der Waals surface area contributed by atoms with E-state index in [0.29, 0.717) is 5.69 Å². The Morgan fingerprint density at radius 3 is 2.94 bits per heavy atom. The molecule has 0 aliphatic heterocycles. The Bertz CT molecular complexity index is 545. The highest BCUT2D eigenvalue weighted by molar-refractivity contribution is 5.93. The van der Waals surface area contributed by atoms with Gasteiger partial charge in [-0.1, -0.05) is 6.92 Å². The van der Waals surface area contributed by atoms with Gasteiger partial charge in [-0.25, -0.2) is 14.5 Å². The Kier molecular flexibility index (Phi) is 2.60. The van der Waals surface area contributed by atoms with Crippen molar-refractivity contribution < 1.29 is 9.90 Å². The number of carboxylic acid groups (broad SMARTS) is 1. The second kappa shape index (κ2) is 3.92. The van der Waals surface area contributed by atoms with Crippen molar-refractivity contribution in [1.82, 2.24) is 14.8 Å². The van der Waals surface area contributed by atoms with Crippen LogP contribution in [-0.4, -0.2) is 25.8 Å². The monoisotopic (exact) mass is 219 g/mol. The molecule has 0 radical (unpaired) electrons. The van der Waals surface area contributed by atoms with E-state index in [9.17, 15) is 4.79 Å². The van der Waals surface area contributed by atoms with Gasteiger partial charge in [0, 0.05) is 11.9 Å². The van der Waals surface area contributed by atoms with Gasteiger partial charge in [-0.15, -0.1) is 0 Å². The third kappa shape index (κ3) is 1.64. The first-order chi connectivity index (χ1) is 7.63. The molecule has 0 fully saturated rings. The van der Waals surface area contributed by atoms with Gasteiger partial charge in [0.15, 0.2) is 5.65 Å². The SMILES string of the molecule is CCCn1ncc2cc(C(=O)O)c(C)nc21. The summed E-state index contributed by atoms with van der Waals surface area (Å²) in [6.45, 7) is 4.56. The predicted molar refractivity (Wildman–Crippen MR) is 59.5 cm³/mol. The number of nitrogens with zero attached hydrogens (tertiary/aromatic N) is 3. The minimum absolute atomic E-state index is 0.239. The van der Waals surface area contributed by atoms with Crippen molar-refractivity contribution in [3.63, 3.8) is 0 Å². The van der Waals surface area contributed by atoms with Crippen LogP contribution in [0.3, 0.4) is 0 Å². The molecule has 0 saturated heterocycles. The number of pyridine rings is 1. The molecule has 0 amide bonds. The zero-order valence-corrected chi connectivity index (χ0v) is 9.27. The molecule has 0 aliphatic rings. The quantitative estimate of drug-likeness (QED) is 0.855. The van der Waals surface area contributed by atoms with E-state index in [1.54, 1.807) is 23.9 Å². The lowest BCUT2D eigenvalue weighted by Crippen LogP contribution is -2.04. The first kappa shape index (κ1) is 10.6. The second-order valence-corrected chi connectivity index (χ2v) is 3.71. The van der Waals surface area contributed by atoms with Gasteiger partial charge in [0.05, 0.1) is 17.5 Å². The number of carboxylic acids is 1. The molecule has 2 heterocycles. The Hall–Kier alpha value is -1.91. The van der Waals surface area contributed by atoms with E-state index in [-0.39, 0.29) is 5.56 Å². The van der Waals surface area contributed by atoms with Gasteiger partial charge in [-0.3, -0.25) is 0 Å². The van der Waals surface area contributed by atoms with Crippen LogP contribution in [0.5, 0.6) is 0 Å². The van der Waals surface area contributed by atoms with Crippen LogP contribution in [0, 0.1) is 6.92 Å². The summed E-state index contributed by atoms with van der Waals surface area (Å²) in [5, 5.41) is 13.9. The zero-order valence-electron chi connectivity index (χ0n) is 9.27. The minimum atomic E-state index is -0.949. The Balaban J connectivity index is 2.61. The molecule has 0 atom stereocenters. The average molecular weight is 219 g/mol. The molecule has 0 aromatic carbocycles. The molecule has 5 heteroatoms. The smallest absolute Gasteiger partial charge is 0.337 e. The van der Waals surface area contributed by atoms with Crippen molar-refractivity contribution in [3.05, 3.63) is 23.5 Å². The summed E-state index contributed by atoms with van der Waals surface area (Å²) in [6, 6.07) is 1.62. The summed E-state index contributed by atoms with van der Waals surface area (Å²) in [7, 11) is 0. The molecule has 0 spiro atoms. The number of rotatable bonds is 3. The van der Waals surface area contributed by atoms with Gasteiger partial charge >= 0.3 is 5.97 Å². The summed E-state index contributed by atoms with van der Waals surface area (Å²) < 4.78 is 1.80. The molecular weight excluding hydrogens is 206 g/mol. The fourth-order valence-corrected chi connectivity index (χ4v) is 1.69. The summed E-state index contributed by atoms with van der Waals surface area (Å²) in [5.41, 5.74) is 1.52. The van der Waals surface area contributed by atoms with E-state index in [1.807, 2.05) is 0 Å². The van der Waals surface area contributed by atoms with Crippen LogP contribution in [0.2, 0.25) is 0 Å². The lowest BCUT2D eigenvalue weighted by Gasteiger charge is -2.03. The zero-order chi connectivity index (χ0) is 11.7. The molecule has 1 N–H and O–H groups in total. The van der Waals surface area contributed by atoms with Gasteiger partial charge in [-0.05, 0) is 19.4 Å². The molecule has 0 bridgehead atoms. The summed E-state index contributed by atoms with van der Waals surface area (Å²) in [5.74, 6) is -0.949. The minimum Gasteiger partial charge on any atom is -0.478 e. The van der Waals surface area contributed by atoms with E-state index >= 15 is 0 Å². The van der Waals surface area contributed by atoms with Crippen LogP contribution in [0.4, 0.5) is 0 Å². The third-order valence-corrected chi connectivity index (χ3v) is 2.47. The van der Waals surface area contributed by atoms with Crippen molar-refractivity contribution in [2.75, 3.05) is 0 Å². The highest BCUT2D eigenvalue weighted by atomic mass is 16.4. The van der Waals surface area contributed by atoms with Crippen molar-refractivity contribution >= 4 is 17.0 Å². The van der Waals surface area contributed by atoms with E-state index in [1.165, 1.54) is 0 Å². The molecular formula is C11H13N3O2. The molecule has 84 valence electrons. The molecule has 2 aromatic rings. The Morgan fingerprint density at radius 2 is 2.31 bits per heavy atom. The maximum atomic E-state index is 10.9. The van der Waals surface area contributed by atoms with E-state index in [2.05, 4.69) is 17.0 Å². The highest BCUT2D eigenvalue weighted by Gasteiger charge is 2.12. The fraction of sp³-hybridized carbons (Fsp3) is 0.364. The lowest BCUT2D eigenvalue weighted by atomic mass is 10.2. The van der Waals surface area contributed by atoms with Gasteiger partial charge in [0.1, 0.15) is 0 Å². The number of aromatic nitrogens is 3. The van der Waals surface area contributed by atoms with Gasteiger partial charge < -0.3 is 5.11 Å². The van der Waals surface area contributed by atoms with Crippen LogP contribution < -0.4 is 0 Å². The van der Waals surface area contributed by atoms with Crippen molar-refractivity contribution in [3.8, 4) is 0 Å². The summed E-state index contributed by atoms with van der Waals surface area (Å²) in [4.78, 5) is 15.2. The van der Waals surface area contributed by atoms with Crippen molar-refractivity contribution in [2.24, 2.45) is 0 Å². The maximum Gasteiger partial charge on any atom is 0.337 e. The second-order valence-electron chi connectivity index (χ2n) is 3.71.